The first kappa shape index (κ1) is 15.7. The van der Waals surface area contributed by atoms with Crippen molar-refractivity contribution in [2.45, 2.75) is 6.54 Å². The van der Waals surface area contributed by atoms with Crippen molar-refractivity contribution in [3.63, 3.8) is 0 Å². The van der Waals surface area contributed by atoms with Crippen LogP contribution in [0, 0.1) is 5.82 Å². The number of aromatic amines is 1. The molecule has 122 valence electrons. The lowest BCUT2D eigenvalue weighted by molar-refractivity contribution is 0.0979. The summed E-state index contributed by atoms with van der Waals surface area (Å²) in [7, 11) is 1.74. The number of anilines is 1. The monoisotopic (exact) mass is 326 g/mol. The first-order valence-electron chi connectivity index (χ1n) is 7.28. The zero-order chi connectivity index (χ0) is 17.1. The third kappa shape index (κ3) is 3.40. The number of H-pyrrole nitrogens is 1. The van der Waals surface area contributed by atoms with Crippen LogP contribution in [0.25, 0.3) is 0 Å². The number of carbonyl (C=O) groups is 1. The number of rotatable bonds is 4. The Morgan fingerprint density at radius 2 is 1.96 bits per heavy atom. The van der Waals surface area contributed by atoms with Gasteiger partial charge in [-0.2, -0.15) is 5.10 Å². The number of amides is 1. The molecule has 1 amide bonds. The maximum atomic E-state index is 13.1. The molecule has 0 saturated carbocycles. The molecule has 0 aliphatic heterocycles. The van der Waals surface area contributed by atoms with Crippen LogP contribution in [0.4, 0.5) is 10.2 Å². The number of benzene rings is 1. The van der Waals surface area contributed by atoms with Crippen molar-refractivity contribution in [2.24, 2.45) is 7.05 Å². The Kier molecular flexibility index (Phi) is 4.24. The van der Waals surface area contributed by atoms with E-state index in [-0.39, 0.29) is 23.6 Å². The topological polar surface area (TPSA) is 71.0 Å². The van der Waals surface area contributed by atoms with Crippen LogP contribution >= 0.6 is 0 Å². The van der Waals surface area contributed by atoms with E-state index < -0.39 is 5.91 Å². The molecular formula is C17H15FN4O2. The van der Waals surface area contributed by atoms with Crippen LogP contribution in [0.5, 0.6) is 0 Å². The summed E-state index contributed by atoms with van der Waals surface area (Å²) in [6.45, 7) is 0.201. The summed E-state index contributed by atoms with van der Waals surface area (Å²) >= 11 is 0. The number of carbonyl (C=O) groups excluding carboxylic acids is 1. The molecule has 0 fully saturated rings. The Morgan fingerprint density at radius 3 is 2.58 bits per heavy atom. The normalized spacial score (nSPS) is 10.6. The Balaban J connectivity index is 1.97. The van der Waals surface area contributed by atoms with Crippen molar-refractivity contribution >= 4 is 11.7 Å². The van der Waals surface area contributed by atoms with Crippen molar-refractivity contribution in [1.82, 2.24) is 14.8 Å². The van der Waals surface area contributed by atoms with Gasteiger partial charge in [-0.25, -0.2) is 4.39 Å². The van der Waals surface area contributed by atoms with Crippen molar-refractivity contribution in [1.29, 1.82) is 0 Å². The van der Waals surface area contributed by atoms with Gasteiger partial charge in [-0.05, 0) is 23.8 Å². The van der Waals surface area contributed by atoms with Gasteiger partial charge in [0.1, 0.15) is 11.5 Å². The van der Waals surface area contributed by atoms with Gasteiger partial charge in [-0.15, -0.1) is 0 Å². The minimum atomic E-state index is -0.393. The van der Waals surface area contributed by atoms with E-state index in [0.717, 1.165) is 5.56 Å². The largest absolute Gasteiger partial charge is 0.318 e. The molecule has 3 aromatic rings. The number of nitrogens with one attached hydrogen (secondary N) is 1. The molecule has 0 spiro atoms. The fraction of sp³-hybridized carbons (Fsp3) is 0.118. The first-order valence-corrected chi connectivity index (χ1v) is 7.28. The molecule has 0 aliphatic carbocycles. The summed E-state index contributed by atoms with van der Waals surface area (Å²) < 4.78 is 14.7. The maximum Gasteiger partial charge on any atom is 0.276 e. The number of aryl methyl sites for hydroxylation is 1. The summed E-state index contributed by atoms with van der Waals surface area (Å²) in [4.78, 5) is 28.2. The van der Waals surface area contributed by atoms with E-state index in [0.29, 0.717) is 5.82 Å². The third-order valence-corrected chi connectivity index (χ3v) is 3.47. The van der Waals surface area contributed by atoms with Crippen LogP contribution in [-0.2, 0) is 13.6 Å². The Hall–Kier alpha value is -3.22. The first-order chi connectivity index (χ1) is 11.5. The molecule has 0 atom stereocenters. The van der Waals surface area contributed by atoms with Crippen LogP contribution in [0.1, 0.15) is 16.1 Å². The molecular weight excluding hydrogens is 311 g/mol. The molecule has 2 heterocycles. The number of nitrogens with zero attached hydrogens (tertiary/aromatic N) is 3. The van der Waals surface area contributed by atoms with Gasteiger partial charge in [0.2, 0.25) is 5.56 Å². The number of hydrogen-bond donors (Lipinski definition) is 1. The average molecular weight is 326 g/mol. The predicted octanol–water partition coefficient (Wildman–Crippen LogP) is 2.09. The highest BCUT2D eigenvalue weighted by Crippen LogP contribution is 2.17. The number of hydrogen-bond acceptors (Lipinski definition) is 3. The molecule has 0 radical (unpaired) electrons. The number of pyridine rings is 1. The van der Waals surface area contributed by atoms with Gasteiger partial charge in [0, 0.05) is 25.4 Å². The van der Waals surface area contributed by atoms with E-state index in [1.807, 2.05) is 0 Å². The number of halogens is 1. The quantitative estimate of drug-likeness (QED) is 0.798. The second kappa shape index (κ2) is 6.49. The fourth-order valence-corrected chi connectivity index (χ4v) is 2.29. The molecule has 1 N–H and O–H groups in total. The Morgan fingerprint density at radius 1 is 1.21 bits per heavy atom. The van der Waals surface area contributed by atoms with Gasteiger partial charge in [0.25, 0.3) is 5.91 Å². The van der Waals surface area contributed by atoms with E-state index in [4.69, 9.17) is 0 Å². The lowest BCUT2D eigenvalue weighted by Gasteiger charge is -2.20. The second-order valence-electron chi connectivity index (χ2n) is 5.29. The highest BCUT2D eigenvalue weighted by molar-refractivity contribution is 6.04. The van der Waals surface area contributed by atoms with Crippen LogP contribution < -0.4 is 10.5 Å². The summed E-state index contributed by atoms with van der Waals surface area (Å²) in [5.74, 6) is -0.297. The zero-order valence-corrected chi connectivity index (χ0v) is 12.9. The minimum absolute atomic E-state index is 0.162. The number of aromatic nitrogens is 3. The molecule has 1 aromatic carbocycles. The zero-order valence-electron chi connectivity index (χ0n) is 12.9. The smallest absolute Gasteiger partial charge is 0.276 e. The molecule has 3 rings (SSSR count). The summed E-state index contributed by atoms with van der Waals surface area (Å²) in [6.07, 6.45) is 1.72. The third-order valence-electron chi connectivity index (χ3n) is 3.47. The van der Waals surface area contributed by atoms with Crippen molar-refractivity contribution in [2.75, 3.05) is 4.90 Å². The van der Waals surface area contributed by atoms with Crippen molar-refractivity contribution in [3.05, 3.63) is 82.2 Å². The molecule has 0 bridgehead atoms. The maximum absolute atomic E-state index is 13.1. The Labute approximate surface area is 137 Å². The molecule has 2 aromatic heterocycles. The lowest BCUT2D eigenvalue weighted by atomic mass is 10.2. The molecule has 0 unspecified atom stereocenters. The van der Waals surface area contributed by atoms with E-state index in [2.05, 4.69) is 10.1 Å². The van der Waals surface area contributed by atoms with Crippen LogP contribution in [0.2, 0.25) is 0 Å². The van der Waals surface area contributed by atoms with E-state index in [1.54, 1.807) is 36.1 Å². The van der Waals surface area contributed by atoms with E-state index in [9.17, 15) is 14.0 Å². The van der Waals surface area contributed by atoms with Crippen LogP contribution in [0.15, 0.2) is 59.5 Å². The van der Waals surface area contributed by atoms with Crippen molar-refractivity contribution < 1.29 is 9.18 Å². The fourth-order valence-electron chi connectivity index (χ4n) is 2.29. The molecule has 7 heteroatoms. The van der Waals surface area contributed by atoms with E-state index >= 15 is 0 Å². The van der Waals surface area contributed by atoms with E-state index in [1.165, 1.54) is 35.2 Å². The van der Waals surface area contributed by atoms with Gasteiger partial charge in [0.05, 0.1) is 6.54 Å². The van der Waals surface area contributed by atoms with Gasteiger partial charge < -0.3 is 4.98 Å². The average Bonchev–Trinajstić information content (AvgIpc) is 3.00. The standard InChI is InChI=1S/C17H15FN4O2/c1-21-10-9-15(20-21)22(11-12-5-7-13(18)8-6-12)17(24)14-3-2-4-16(23)19-14/h2-10H,11H2,1H3,(H,19,23). The second-order valence-corrected chi connectivity index (χ2v) is 5.29. The summed E-state index contributed by atoms with van der Waals surface area (Å²) in [5.41, 5.74) is 0.549. The van der Waals surface area contributed by atoms with Crippen LogP contribution in [-0.4, -0.2) is 20.7 Å². The Bertz CT molecular complexity index is 915. The predicted molar refractivity (Wildman–Crippen MR) is 87.2 cm³/mol. The van der Waals surface area contributed by atoms with Gasteiger partial charge in [0.15, 0.2) is 5.82 Å². The highest BCUT2D eigenvalue weighted by atomic mass is 19.1. The highest BCUT2D eigenvalue weighted by Gasteiger charge is 2.21. The summed E-state index contributed by atoms with van der Waals surface area (Å²) in [6, 6.07) is 12.0. The van der Waals surface area contributed by atoms with Gasteiger partial charge in [-0.3, -0.25) is 19.2 Å². The van der Waals surface area contributed by atoms with Gasteiger partial charge in [-0.1, -0.05) is 18.2 Å². The molecule has 0 aliphatic rings. The molecule has 6 nitrogen and oxygen atoms in total. The van der Waals surface area contributed by atoms with Gasteiger partial charge >= 0.3 is 0 Å². The molecule has 24 heavy (non-hydrogen) atoms. The van der Waals surface area contributed by atoms with Crippen molar-refractivity contribution in [3.8, 4) is 0 Å². The summed E-state index contributed by atoms with van der Waals surface area (Å²) in [5, 5.41) is 4.25. The minimum Gasteiger partial charge on any atom is -0.318 e. The SMILES string of the molecule is Cn1ccc(N(Cc2ccc(F)cc2)C(=O)c2cccc(=O)[nH]2)n1. The lowest BCUT2D eigenvalue weighted by Crippen LogP contribution is -2.32. The van der Waals surface area contributed by atoms with Crippen LogP contribution in [0.3, 0.4) is 0 Å². The molecule has 0 saturated heterocycles.